The summed E-state index contributed by atoms with van der Waals surface area (Å²) in [4.78, 5) is 24.1. The van der Waals surface area contributed by atoms with Gasteiger partial charge in [-0.1, -0.05) is 28.3 Å². The molecule has 14 nitrogen and oxygen atoms in total. The van der Waals surface area contributed by atoms with Crippen molar-refractivity contribution in [2.75, 3.05) is 6.61 Å². The molecule has 42 heavy (non-hydrogen) atoms. The van der Waals surface area contributed by atoms with Crippen LogP contribution in [0.4, 0.5) is 0 Å². The fourth-order valence-corrected chi connectivity index (χ4v) is 7.18. The Morgan fingerprint density at radius 2 is 1.40 bits per heavy atom. The van der Waals surface area contributed by atoms with Crippen LogP contribution < -0.4 is 10.1 Å². The van der Waals surface area contributed by atoms with Crippen molar-refractivity contribution < 1.29 is 61.7 Å². The quantitative estimate of drug-likeness (QED) is 0.0462. The van der Waals surface area contributed by atoms with Gasteiger partial charge >= 0.3 is 5.97 Å². The Bertz CT molecular complexity index is 1740. The van der Waals surface area contributed by atoms with Crippen LogP contribution in [0.2, 0.25) is 0 Å². The molecule has 4 aromatic carbocycles. The number of carbonyl (C=O) groups is 2. The van der Waals surface area contributed by atoms with Crippen molar-refractivity contribution in [1.29, 1.82) is 0 Å². The van der Waals surface area contributed by atoms with Crippen LogP contribution in [0.5, 0.6) is 5.75 Å². The first-order chi connectivity index (χ1) is 20.1. The largest absolute Gasteiger partial charge is 0.483 e. The lowest BCUT2D eigenvalue weighted by Crippen LogP contribution is -2.40. The molecular weight excluding hydrogens is 618 g/mol. The molecule has 224 valence electrons. The topological polar surface area (TPSA) is 207 Å². The fraction of sp³-hybridized carbons (Fsp3) is 0.280. The second-order valence-corrected chi connectivity index (χ2v) is 12.4. The minimum Gasteiger partial charge on any atom is -0.483 e. The number of amides is 1. The summed E-state index contributed by atoms with van der Waals surface area (Å²) >= 11 is 1.14. The number of rotatable bonds is 12. The van der Waals surface area contributed by atoms with Crippen molar-refractivity contribution in [3.8, 4) is 5.75 Å². The molecule has 1 fully saturated rings. The maximum atomic E-state index is 12.7. The van der Waals surface area contributed by atoms with Gasteiger partial charge in [0.15, 0.2) is 6.61 Å². The molecule has 0 heterocycles. The summed E-state index contributed by atoms with van der Waals surface area (Å²) in [6.07, 6.45) is 1.99. The average molecular weight is 642 g/mol. The van der Waals surface area contributed by atoms with Crippen molar-refractivity contribution in [2.24, 2.45) is 5.92 Å². The van der Waals surface area contributed by atoms with E-state index in [0.717, 1.165) is 0 Å². The van der Waals surface area contributed by atoms with Gasteiger partial charge < -0.3 is 15.2 Å². The van der Waals surface area contributed by atoms with E-state index < -0.39 is 32.8 Å². The number of nitrogens with one attached hydrogen (secondary N) is 1. The van der Waals surface area contributed by atoms with Gasteiger partial charge in [-0.15, -0.1) is 8.67 Å². The Morgan fingerprint density at radius 3 is 1.98 bits per heavy atom. The fourth-order valence-electron chi connectivity index (χ4n) is 5.34. The number of carboxylic acid groups (broad SMARTS) is 1. The summed E-state index contributed by atoms with van der Waals surface area (Å²) < 4.78 is 49.8. The van der Waals surface area contributed by atoms with Crippen molar-refractivity contribution in [2.45, 2.75) is 46.4 Å². The third kappa shape index (κ3) is 6.20. The van der Waals surface area contributed by atoms with Crippen LogP contribution in [-0.2, 0) is 38.5 Å². The summed E-state index contributed by atoms with van der Waals surface area (Å²) in [7, 11) is -4.73. The van der Waals surface area contributed by atoms with E-state index in [9.17, 15) is 27.7 Å². The molecule has 0 unspecified atom stereocenters. The van der Waals surface area contributed by atoms with Gasteiger partial charge in [-0.05, 0) is 54.7 Å². The first-order valence-corrected chi connectivity index (χ1v) is 15.2. The Kier molecular flexibility index (Phi) is 9.23. The molecule has 1 aliphatic rings. The van der Waals surface area contributed by atoms with Crippen molar-refractivity contribution in [3.63, 3.8) is 0 Å². The lowest BCUT2D eigenvalue weighted by atomic mass is 9.86. The summed E-state index contributed by atoms with van der Waals surface area (Å²) in [6, 6.07) is 8.95. The molecule has 1 saturated carbocycles. The van der Waals surface area contributed by atoms with E-state index in [1.54, 1.807) is 24.3 Å². The highest BCUT2D eigenvalue weighted by Gasteiger charge is 2.27. The number of aliphatic carboxylic acids is 1. The second-order valence-electron chi connectivity index (χ2n) is 9.49. The van der Waals surface area contributed by atoms with Crippen LogP contribution in [0.25, 0.3) is 32.3 Å². The molecular formula is C25H23NO13S3. The first-order valence-electron chi connectivity index (χ1n) is 12.3. The summed E-state index contributed by atoms with van der Waals surface area (Å²) in [5, 5.41) is 39.4. The second kappa shape index (κ2) is 12.7. The maximum absolute atomic E-state index is 12.7. The van der Waals surface area contributed by atoms with E-state index in [1.165, 1.54) is 12.1 Å². The van der Waals surface area contributed by atoms with Crippen LogP contribution in [0.1, 0.15) is 25.7 Å². The third-order valence-corrected chi connectivity index (χ3v) is 9.32. The standard InChI is InChI=1S/C25H23NO13S3/c27-22(26-13-3-1-12(2-4-13)25(28)29)11-35-18-9-19(40-38-36-30)15-6-7-16-20(41-39-37-31)10-21(42(32,33)34)17-8-5-14(18)23(15)24(16)17/h5-10,12-13,30-31H,1-4,11H2,(H,26,27)(H,28,29)(H,32,33,34). The third-order valence-electron chi connectivity index (χ3n) is 7.13. The van der Waals surface area contributed by atoms with E-state index in [4.69, 9.17) is 15.3 Å². The predicted molar refractivity (Wildman–Crippen MR) is 148 cm³/mol. The summed E-state index contributed by atoms with van der Waals surface area (Å²) in [5.74, 6) is -1.47. The minimum atomic E-state index is -4.73. The average Bonchev–Trinajstić information content (AvgIpc) is 2.96. The maximum Gasteiger partial charge on any atom is 0.306 e. The van der Waals surface area contributed by atoms with Gasteiger partial charge in [-0.3, -0.25) is 14.1 Å². The molecule has 5 N–H and O–H groups in total. The molecule has 0 bridgehead atoms. The van der Waals surface area contributed by atoms with Gasteiger partial charge in [0.1, 0.15) is 10.6 Å². The van der Waals surface area contributed by atoms with Gasteiger partial charge in [0.25, 0.3) is 16.0 Å². The monoisotopic (exact) mass is 641 g/mol. The van der Waals surface area contributed by atoms with Crippen LogP contribution in [-0.4, -0.2) is 53.1 Å². The van der Waals surface area contributed by atoms with Gasteiger partial charge in [-0.2, -0.15) is 8.42 Å². The Labute approximate surface area is 246 Å². The summed E-state index contributed by atoms with van der Waals surface area (Å²) in [5.41, 5.74) is 0. The van der Waals surface area contributed by atoms with E-state index in [-0.39, 0.29) is 28.7 Å². The zero-order valence-corrected chi connectivity index (χ0v) is 23.8. The molecule has 1 aliphatic carbocycles. The van der Waals surface area contributed by atoms with Crippen LogP contribution >= 0.6 is 24.1 Å². The number of hydrogen-bond donors (Lipinski definition) is 5. The highest BCUT2D eigenvalue weighted by Crippen LogP contribution is 2.47. The lowest BCUT2D eigenvalue weighted by Gasteiger charge is -2.26. The van der Waals surface area contributed by atoms with Crippen LogP contribution in [0.3, 0.4) is 0 Å². The number of carbonyl (C=O) groups excluding carboxylic acids is 1. The Morgan fingerprint density at radius 1 is 0.857 bits per heavy atom. The first kappa shape index (κ1) is 30.5. The van der Waals surface area contributed by atoms with E-state index in [2.05, 4.69) is 24.1 Å². The predicted octanol–water partition coefficient (Wildman–Crippen LogP) is 4.83. The smallest absolute Gasteiger partial charge is 0.306 e. The zero-order valence-electron chi connectivity index (χ0n) is 21.3. The molecule has 0 saturated heterocycles. The van der Waals surface area contributed by atoms with E-state index in [0.29, 0.717) is 81.6 Å². The van der Waals surface area contributed by atoms with Gasteiger partial charge in [-0.25, -0.2) is 10.5 Å². The van der Waals surface area contributed by atoms with Gasteiger partial charge in [0.2, 0.25) is 0 Å². The molecule has 0 atom stereocenters. The number of ether oxygens (including phenoxy) is 1. The molecule has 0 aliphatic heterocycles. The normalized spacial score (nSPS) is 17.7. The minimum absolute atomic E-state index is 0.169. The van der Waals surface area contributed by atoms with E-state index >= 15 is 0 Å². The molecule has 0 radical (unpaired) electrons. The molecule has 1 amide bonds. The van der Waals surface area contributed by atoms with Crippen molar-refractivity contribution >= 4 is 78.4 Å². The molecule has 17 heteroatoms. The molecule has 4 aromatic rings. The zero-order chi connectivity index (χ0) is 30.0. The number of carboxylic acids is 1. The Balaban J connectivity index is 1.56. The Hall–Kier alpha value is -2.97. The molecule has 0 aromatic heterocycles. The highest BCUT2D eigenvalue weighted by atomic mass is 32.2. The molecule has 0 spiro atoms. The SMILES string of the molecule is O=C(COc1cc(SOOO)c2ccc3c(SOOO)cc(S(=O)(=O)O)c4ccc1c2c34)NC1CCC(C(=O)O)CC1. The van der Waals surface area contributed by atoms with E-state index in [1.807, 2.05) is 0 Å². The highest BCUT2D eigenvalue weighted by molar-refractivity contribution is 7.95. The van der Waals surface area contributed by atoms with Crippen LogP contribution in [0.15, 0.2) is 51.1 Å². The van der Waals surface area contributed by atoms with Gasteiger partial charge in [0, 0.05) is 32.5 Å². The molecule has 5 rings (SSSR count). The van der Waals surface area contributed by atoms with Crippen LogP contribution in [0, 0.1) is 5.92 Å². The van der Waals surface area contributed by atoms with Crippen molar-refractivity contribution in [3.05, 3.63) is 36.4 Å². The summed E-state index contributed by atoms with van der Waals surface area (Å²) in [6.45, 7) is -0.386. The lowest BCUT2D eigenvalue weighted by molar-refractivity contribution is -0.432. The number of benzene rings is 4. The van der Waals surface area contributed by atoms with Gasteiger partial charge in [0.05, 0.1) is 34.9 Å². The number of hydrogen-bond acceptors (Lipinski definition) is 13. The van der Waals surface area contributed by atoms with Crippen molar-refractivity contribution in [1.82, 2.24) is 5.32 Å².